The Kier molecular flexibility index (Phi) is 4.39. The Labute approximate surface area is 124 Å². The van der Waals surface area contributed by atoms with Gasteiger partial charge in [0.2, 0.25) is 0 Å². The van der Waals surface area contributed by atoms with Crippen LogP contribution < -0.4 is 4.90 Å². The van der Waals surface area contributed by atoms with E-state index in [1.54, 1.807) is 35.2 Å². The normalized spacial score (nSPS) is 10.3. The molecule has 0 radical (unpaired) electrons. The number of hydrogen-bond acceptors (Lipinski definition) is 2. The molecule has 0 heterocycles. The van der Waals surface area contributed by atoms with Gasteiger partial charge in [-0.1, -0.05) is 28.1 Å². The van der Waals surface area contributed by atoms with Crippen LogP contribution in [0.2, 0.25) is 0 Å². The van der Waals surface area contributed by atoms with Crippen molar-refractivity contribution in [3.63, 3.8) is 0 Å². The van der Waals surface area contributed by atoms with Gasteiger partial charge >= 0.3 is 5.97 Å². The molecule has 104 valence electrons. The van der Waals surface area contributed by atoms with Gasteiger partial charge in [0, 0.05) is 11.0 Å². The number of halogens is 2. The first-order chi connectivity index (χ1) is 9.54. The Bertz CT molecular complexity index is 646. The third-order valence-electron chi connectivity index (χ3n) is 2.94. The summed E-state index contributed by atoms with van der Waals surface area (Å²) in [7, 11) is 0. The molecule has 0 unspecified atom stereocenters. The monoisotopic (exact) mass is 337 g/mol. The van der Waals surface area contributed by atoms with Gasteiger partial charge < -0.3 is 10.0 Å². The fourth-order valence-electron chi connectivity index (χ4n) is 2.05. The van der Waals surface area contributed by atoms with Crippen LogP contribution in [0.1, 0.15) is 17.3 Å². The van der Waals surface area contributed by atoms with E-state index in [4.69, 9.17) is 0 Å². The van der Waals surface area contributed by atoms with Crippen molar-refractivity contribution in [2.24, 2.45) is 0 Å². The van der Waals surface area contributed by atoms with E-state index in [1.807, 2.05) is 6.92 Å². The Balaban J connectivity index is 2.60. The van der Waals surface area contributed by atoms with Gasteiger partial charge in [0.25, 0.3) is 0 Å². The van der Waals surface area contributed by atoms with E-state index < -0.39 is 5.97 Å². The summed E-state index contributed by atoms with van der Waals surface area (Å²) in [6, 6.07) is 11.2. The van der Waals surface area contributed by atoms with Gasteiger partial charge in [-0.15, -0.1) is 0 Å². The standard InChI is InChI=1S/C15H13BrFNO2/c1-2-18(13-6-4-3-5-12(13)17)14-9-10(16)7-8-11(14)15(19)20/h3-9H,2H2,1H3,(H,19,20). The number of hydrogen-bond donors (Lipinski definition) is 1. The van der Waals surface area contributed by atoms with Crippen molar-refractivity contribution < 1.29 is 14.3 Å². The molecule has 0 spiro atoms. The van der Waals surface area contributed by atoms with Gasteiger partial charge in [-0.2, -0.15) is 0 Å². The highest BCUT2D eigenvalue weighted by Gasteiger charge is 2.18. The van der Waals surface area contributed by atoms with E-state index in [1.165, 1.54) is 12.1 Å². The maximum absolute atomic E-state index is 13.9. The zero-order valence-electron chi connectivity index (χ0n) is 10.8. The SMILES string of the molecule is CCN(c1ccccc1F)c1cc(Br)ccc1C(=O)O. The zero-order valence-corrected chi connectivity index (χ0v) is 12.4. The highest BCUT2D eigenvalue weighted by atomic mass is 79.9. The first-order valence-corrected chi connectivity index (χ1v) is 6.88. The van der Waals surface area contributed by atoms with Crippen molar-refractivity contribution in [1.29, 1.82) is 0 Å². The van der Waals surface area contributed by atoms with E-state index >= 15 is 0 Å². The number of aromatic carboxylic acids is 1. The van der Waals surface area contributed by atoms with Gasteiger partial charge in [-0.05, 0) is 37.3 Å². The van der Waals surface area contributed by atoms with E-state index in [2.05, 4.69) is 15.9 Å². The Hall–Kier alpha value is -1.88. The first kappa shape index (κ1) is 14.5. The van der Waals surface area contributed by atoms with Gasteiger partial charge in [-0.3, -0.25) is 0 Å². The van der Waals surface area contributed by atoms with Crippen LogP contribution in [0.25, 0.3) is 0 Å². The second-order valence-corrected chi connectivity index (χ2v) is 5.08. The van der Waals surface area contributed by atoms with Crippen LogP contribution in [-0.4, -0.2) is 17.6 Å². The van der Waals surface area contributed by atoms with E-state index in [9.17, 15) is 14.3 Å². The van der Waals surface area contributed by atoms with Crippen LogP contribution in [0.5, 0.6) is 0 Å². The summed E-state index contributed by atoms with van der Waals surface area (Å²) in [5.74, 6) is -1.42. The van der Waals surface area contributed by atoms with Crippen molar-refractivity contribution in [3.8, 4) is 0 Å². The summed E-state index contributed by atoms with van der Waals surface area (Å²) in [5.41, 5.74) is 0.952. The second kappa shape index (κ2) is 6.05. The van der Waals surface area contributed by atoms with Gasteiger partial charge in [0.15, 0.2) is 0 Å². The molecule has 3 nitrogen and oxygen atoms in total. The Morgan fingerprint density at radius 2 is 1.95 bits per heavy atom. The van der Waals surface area contributed by atoms with Crippen LogP contribution in [-0.2, 0) is 0 Å². The highest BCUT2D eigenvalue weighted by Crippen LogP contribution is 2.32. The summed E-state index contributed by atoms with van der Waals surface area (Å²) < 4.78 is 14.7. The maximum atomic E-state index is 13.9. The molecule has 0 aliphatic heterocycles. The van der Waals surface area contributed by atoms with Crippen molar-refractivity contribution in [1.82, 2.24) is 0 Å². The molecule has 5 heteroatoms. The largest absolute Gasteiger partial charge is 0.478 e. The molecule has 2 aromatic carbocycles. The topological polar surface area (TPSA) is 40.5 Å². The number of benzene rings is 2. The van der Waals surface area contributed by atoms with Crippen LogP contribution in [0.15, 0.2) is 46.9 Å². The molecule has 0 amide bonds. The minimum Gasteiger partial charge on any atom is -0.478 e. The minimum atomic E-state index is -1.04. The molecule has 0 fully saturated rings. The summed E-state index contributed by atoms with van der Waals surface area (Å²) in [4.78, 5) is 13.0. The molecule has 2 aromatic rings. The number of carbonyl (C=O) groups is 1. The first-order valence-electron chi connectivity index (χ1n) is 6.09. The van der Waals surface area contributed by atoms with Crippen LogP contribution in [0.4, 0.5) is 15.8 Å². The third-order valence-corrected chi connectivity index (χ3v) is 3.43. The molecular weight excluding hydrogens is 325 g/mol. The summed E-state index contributed by atoms with van der Waals surface area (Å²) in [6.07, 6.45) is 0. The lowest BCUT2D eigenvalue weighted by Gasteiger charge is -2.25. The molecule has 0 aliphatic rings. The predicted molar refractivity (Wildman–Crippen MR) is 80.2 cm³/mol. The summed E-state index contributed by atoms with van der Waals surface area (Å²) >= 11 is 3.32. The second-order valence-electron chi connectivity index (χ2n) is 4.16. The lowest BCUT2D eigenvalue weighted by atomic mass is 10.1. The third kappa shape index (κ3) is 2.82. The lowest BCUT2D eigenvalue weighted by Crippen LogP contribution is -2.20. The Morgan fingerprint density at radius 3 is 2.55 bits per heavy atom. The van der Waals surface area contributed by atoms with Crippen molar-refractivity contribution in [2.45, 2.75) is 6.92 Å². The number of anilines is 2. The minimum absolute atomic E-state index is 0.137. The molecule has 0 atom stereocenters. The van der Waals surface area contributed by atoms with Gasteiger partial charge in [0.05, 0.1) is 16.9 Å². The van der Waals surface area contributed by atoms with E-state index in [0.29, 0.717) is 17.9 Å². The Morgan fingerprint density at radius 1 is 1.25 bits per heavy atom. The molecule has 0 aromatic heterocycles. The predicted octanol–water partition coefficient (Wildman–Crippen LogP) is 4.44. The molecule has 0 bridgehead atoms. The molecule has 20 heavy (non-hydrogen) atoms. The molecule has 0 saturated heterocycles. The van der Waals surface area contributed by atoms with Crippen molar-refractivity contribution in [3.05, 3.63) is 58.3 Å². The van der Waals surface area contributed by atoms with Crippen LogP contribution in [0, 0.1) is 5.82 Å². The van der Waals surface area contributed by atoms with Gasteiger partial charge in [-0.25, -0.2) is 9.18 Å². The average molecular weight is 338 g/mol. The molecule has 0 aliphatic carbocycles. The van der Waals surface area contributed by atoms with Crippen molar-refractivity contribution in [2.75, 3.05) is 11.4 Å². The van der Waals surface area contributed by atoms with Crippen LogP contribution >= 0.6 is 15.9 Å². The zero-order chi connectivity index (χ0) is 14.7. The van der Waals surface area contributed by atoms with E-state index in [0.717, 1.165) is 4.47 Å². The molecule has 1 N–H and O–H groups in total. The number of carboxylic acids is 1. The number of rotatable bonds is 4. The number of para-hydroxylation sites is 1. The van der Waals surface area contributed by atoms with Crippen molar-refractivity contribution >= 4 is 33.3 Å². The summed E-state index contributed by atoms with van der Waals surface area (Å²) in [5, 5.41) is 9.28. The number of nitrogens with zero attached hydrogens (tertiary/aromatic N) is 1. The van der Waals surface area contributed by atoms with E-state index in [-0.39, 0.29) is 11.4 Å². The van der Waals surface area contributed by atoms with Gasteiger partial charge in [0.1, 0.15) is 5.82 Å². The average Bonchev–Trinajstić information content (AvgIpc) is 2.41. The molecular formula is C15H13BrFNO2. The molecule has 0 saturated carbocycles. The number of carboxylic acid groups (broad SMARTS) is 1. The lowest BCUT2D eigenvalue weighted by molar-refractivity contribution is 0.0697. The smallest absolute Gasteiger partial charge is 0.337 e. The maximum Gasteiger partial charge on any atom is 0.337 e. The highest BCUT2D eigenvalue weighted by molar-refractivity contribution is 9.10. The quantitative estimate of drug-likeness (QED) is 0.896. The fourth-order valence-corrected chi connectivity index (χ4v) is 2.40. The fraction of sp³-hybridized carbons (Fsp3) is 0.133. The molecule has 2 rings (SSSR count). The summed E-state index contributed by atoms with van der Waals surface area (Å²) in [6.45, 7) is 2.30. The van der Waals surface area contributed by atoms with Crippen LogP contribution in [0.3, 0.4) is 0 Å².